The summed E-state index contributed by atoms with van der Waals surface area (Å²) in [6.07, 6.45) is 3.59. The fraction of sp³-hybridized carbons (Fsp3) is 0.312. The average molecular weight is 586 g/mol. The number of aryl methyl sites for hydroxylation is 1. The molecule has 0 unspecified atom stereocenters. The minimum Gasteiger partial charge on any atom is -0.493 e. The Morgan fingerprint density at radius 2 is 1.84 bits per heavy atom. The zero-order chi connectivity index (χ0) is 30.5. The third-order valence-corrected chi connectivity index (χ3v) is 7.52. The summed E-state index contributed by atoms with van der Waals surface area (Å²) in [5, 5.41) is 9.10. The maximum atomic E-state index is 13.4. The zero-order valence-corrected chi connectivity index (χ0v) is 24.6. The van der Waals surface area contributed by atoms with Gasteiger partial charge in [-0.1, -0.05) is 6.07 Å². The SMILES string of the molecule is COc1cc2c(c(OC)c1OC)-c1ccc(NCCCC(=O)Nc3ccc4nc[nH]c4c3)c(=O)cc1[C@H](NC(C)=O)CC2. The van der Waals surface area contributed by atoms with Crippen molar-refractivity contribution in [3.63, 3.8) is 0 Å². The highest BCUT2D eigenvalue weighted by molar-refractivity contribution is 5.93. The lowest BCUT2D eigenvalue weighted by Gasteiger charge is -2.19. The molecule has 1 heterocycles. The number of fused-ring (bicyclic) bond motifs is 4. The van der Waals surface area contributed by atoms with Gasteiger partial charge in [0.25, 0.3) is 0 Å². The number of H-pyrrole nitrogens is 1. The molecule has 0 aliphatic heterocycles. The van der Waals surface area contributed by atoms with Gasteiger partial charge in [-0.05, 0) is 72.4 Å². The molecule has 2 amide bonds. The summed E-state index contributed by atoms with van der Waals surface area (Å²) >= 11 is 0. The number of benzene rings is 2. The first-order chi connectivity index (χ1) is 20.8. The highest BCUT2D eigenvalue weighted by atomic mass is 16.5. The molecule has 5 rings (SSSR count). The van der Waals surface area contributed by atoms with Gasteiger partial charge in [0.05, 0.1) is 50.4 Å². The number of rotatable bonds is 10. The predicted molar refractivity (Wildman–Crippen MR) is 165 cm³/mol. The number of aromatic nitrogens is 2. The second-order valence-corrected chi connectivity index (χ2v) is 10.3. The van der Waals surface area contributed by atoms with Gasteiger partial charge in [0, 0.05) is 31.1 Å². The molecule has 224 valence electrons. The van der Waals surface area contributed by atoms with E-state index in [1.165, 1.54) is 6.92 Å². The van der Waals surface area contributed by atoms with Gasteiger partial charge >= 0.3 is 0 Å². The molecular formula is C32H35N5O6. The quantitative estimate of drug-likeness (QED) is 0.198. The molecule has 1 aromatic heterocycles. The fourth-order valence-electron chi connectivity index (χ4n) is 5.56. The Labute approximate surface area is 249 Å². The molecule has 1 atom stereocenters. The summed E-state index contributed by atoms with van der Waals surface area (Å²) < 4.78 is 17.1. The summed E-state index contributed by atoms with van der Waals surface area (Å²) in [5.74, 6) is 1.16. The molecule has 0 bridgehead atoms. The van der Waals surface area contributed by atoms with Crippen LogP contribution < -0.4 is 35.6 Å². The van der Waals surface area contributed by atoms with Gasteiger partial charge in [-0.3, -0.25) is 14.4 Å². The third kappa shape index (κ3) is 6.25. The lowest BCUT2D eigenvalue weighted by atomic mass is 9.95. The van der Waals surface area contributed by atoms with E-state index < -0.39 is 0 Å². The van der Waals surface area contributed by atoms with Gasteiger partial charge in [-0.15, -0.1) is 0 Å². The zero-order valence-electron chi connectivity index (χ0n) is 24.6. The van der Waals surface area contributed by atoms with E-state index in [2.05, 4.69) is 25.9 Å². The van der Waals surface area contributed by atoms with Crippen molar-refractivity contribution in [3.8, 4) is 28.4 Å². The second kappa shape index (κ2) is 12.8. The van der Waals surface area contributed by atoms with Crippen LogP contribution in [-0.2, 0) is 16.0 Å². The van der Waals surface area contributed by atoms with Crippen LogP contribution in [-0.4, -0.2) is 49.7 Å². The van der Waals surface area contributed by atoms with Crippen molar-refractivity contribution in [3.05, 3.63) is 70.1 Å². The minimum absolute atomic E-state index is 0.125. The Balaban J connectivity index is 1.39. The molecule has 0 radical (unpaired) electrons. The number of hydrogen-bond donors (Lipinski definition) is 4. The molecule has 43 heavy (non-hydrogen) atoms. The van der Waals surface area contributed by atoms with E-state index >= 15 is 0 Å². The van der Waals surface area contributed by atoms with Crippen molar-refractivity contribution in [2.24, 2.45) is 0 Å². The predicted octanol–water partition coefficient (Wildman–Crippen LogP) is 4.57. The summed E-state index contributed by atoms with van der Waals surface area (Å²) in [6.45, 7) is 1.88. The van der Waals surface area contributed by atoms with E-state index in [1.54, 1.807) is 39.8 Å². The van der Waals surface area contributed by atoms with Gasteiger partial charge in [-0.25, -0.2) is 4.98 Å². The summed E-state index contributed by atoms with van der Waals surface area (Å²) in [7, 11) is 4.68. The molecule has 3 aromatic carbocycles. The Morgan fingerprint density at radius 3 is 2.58 bits per heavy atom. The number of ether oxygens (including phenoxy) is 3. The number of anilines is 2. The van der Waals surface area contributed by atoms with Gasteiger partial charge in [0.1, 0.15) is 0 Å². The van der Waals surface area contributed by atoms with Crippen molar-refractivity contribution >= 4 is 34.2 Å². The van der Waals surface area contributed by atoms with Crippen LogP contribution >= 0.6 is 0 Å². The lowest BCUT2D eigenvalue weighted by Crippen LogP contribution is -2.26. The van der Waals surface area contributed by atoms with Crippen LogP contribution in [0.5, 0.6) is 17.2 Å². The molecule has 0 spiro atoms. The number of nitrogens with zero attached hydrogens (tertiary/aromatic N) is 1. The van der Waals surface area contributed by atoms with E-state index in [0.717, 1.165) is 27.7 Å². The first-order valence-corrected chi connectivity index (χ1v) is 14.1. The number of carbonyl (C=O) groups is 2. The molecule has 1 aliphatic carbocycles. The Hall–Kier alpha value is -5.06. The standard InChI is InChI=1S/C32H35N5O6/c1-18(38)36-23-10-7-19-14-28(41-2)31(42-3)32(43-4)30(19)21-9-12-25(27(39)16-22(21)23)33-13-5-6-29(40)37-20-8-11-24-26(15-20)35-17-34-24/h8-9,11-12,14-17,23H,5-7,10,13H2,1-4H3,(H,33,39)(H,34,35)(H,36,38)(H,37,40)/t23-/m1/s1. The van der Waals surface area contributed by atoms with E-state index in [1.807, 2.05) is 30.3 Å². The Kier molecular flexibility index (Phi) is 8.79. The topological polar surface area (TPSA) is 144 Å². The van der Waals surface area contributed by atoms with Crippen LogP contribution in [0.25, 0.3) is 22.2 Å². The molecule has 4 N–H and O–H groups in total. The van der Waals surface area contributed by atoms with Crippen LogP contribution in [0, 0.1) is 0 Å². The molecule has 0 saturated heterocycles. The van der Waals surface area contributed by atoms with Crippen LogP contribution in [0.15, 0.2) is 53.6 Å². The van der Waals surface area contributed by atoms with Gasteiger partial charge in [0.2, 0.25) is 23.0 Å². The van der Waals surface area contributed by atoms with Crippen molar-refractivity contribution < 1.29 is 23.8 Å². The number of imidazole rings is 1. The first-order valence-electron chi connectivity index (χ1n) is 14.1. The Morgan fingerprint density at radius 1 is 1.02 bits per heavy atom. The van der Waals surface area contributed by atoms with Crippen molar-refractivity contribution in [1.82, 2.24) is 15.3 Å². The number of aromatic amines is 1. The van der Waals surface area contributed by atoms with Gasteiger partial charge in [0.15, 0.2) is 11.5 Å². The molecule has 1 aliphatic rings. The third-order valence-electron chi connectivity index (χ3n) is 7.52. The van der Waals surface area contributed by atoms with Gasteiger partial charge in [-0.2, -0.15) is 0 Å². The normalized spacial score (nSPS) is 13.7. The lowest BCUT2D eigenvalue weighted by molar-refractivity contribution is -0.119. The maximum absolute atomic E-state index is 13.4. The van der Waals surface area contributed by atoms with E-state index in [4.69, 9.17) is 14.2 Å². The number of methoxy groups -OCH3 is 3. The summed E-state index contributed by atoms with van der Waals surface area (Å²) in [4.78, 5) is 45.3. The van der Waals surface area contributed by atoms with Crippen LogP contribution in [0.1, 0.15) is 43.4 Å². The number of nitrogens with one attached hydrogen (secondary N) is 4. The smallest absolute Gasteiger partial charge is 0.224 e. The van der Waals surface area contributed by atoms with Gasteiger partial charge < -0.3 is 35.1 Å². The maximum Gasteiger partial charge on any atom is 0.224 e. The van der Waals surface area contributed by atoms with E-state index in [-0.39, 0.29) is 29.7 Å². The minimum atomic E-state index is -0.390. The van der Waals surface area contributed by atoms with Crippen LogP contribution in [0.2, 0.25) is 0 Å². The van der Waals surface area contributed by atoms with Crippen molar-refractivity contribution in [1.29, 1.82) is 0 Å². The molecule has 11 heteroatoms. The van der Waals surface area contributed by atoms with Crippen LogP contribution in [0.3, 0.4) is 0 Å². The largest absolute Gasteiger partial charge is 0.493 e. The highest BCUT2D eigenvalue weighted by Gasteiger charge is 2.29. The molecule has 4 aromatic rings. The first kappa shape index (κ1) is 29.4. The van der Waals surface area contributed by atoms with Crippen molar-refractivity contribution in [2.45, 2.75) is 38.6 Å². The molecule has 0 fully saturated rings. The summed E-state index contributed by atoms with van der Waals surface area (Å²) in [6, 6.07) is 12.2. The monoisotopic (exact) mass is 585 g/mol. The average Bonchev–Trinajstić information content (AvgIpc) is 3.34. The number of amides is 2. The number of carbonyl (C=O) groups excluding carboxylic acids is 2. The molecule has 11 nitrogen and oxygen atoms in total. The van der Waals surface area contributed by atoms with Crippen molar-refractivity contribution in [2.75, 3.05) is 38.5 Å². The second-order valence-electron chi connectivity index (χ2n) is 10.3. The molecule has 0 saturated carbocycles. The fourth-order valence-corrected chi connectivity index (χ4v) is 5.56. The molecular weight excluding hydrogens is 550 g/mol. The Bertz CT molecular complexity index is 1730. The number of hydrogen-bond acceptors (Lipinski definition) is 8. The summed E-state index contributed by atoms with van der Waals surface area (Å²) in [5.41, 5.74) is 5.70. The highest BCUT2D eigenvalue weighted by Crippen LogP contribution is 2.50. The van der Waals surface area contributed by atoms with E-state index in [9.17, 15) is 14.4 Å². The van der Waals surface area contributed by atoms with E-state index in [0.29, 0.717) is 60.0 Å². The van der Waals surface area contributed by atoms with Crippen LogP contribution in [0.4, 0.5) is 11.4 Å².